The molecule has 0 aliphatic carbocycles. The zero-order chi connectivity index (χ0) is 13.4. The van der Waals surface area contributed by atoms with Gasteiger partial charge in [0.1, 0.15) is 5.51 Å². The van der Waals surface area contributed by atoms with E-state index in [2.05, 4.69) is 34.1 Å². The highest BCUT2D eigenvalue weighted by Crippen LogP contribution is 2.14. The number of aromatic nitrogens is 3. The molecule has 1 aliphatic heterocycles. The number of fused-ring (bicyclic) bond motifs is 1. The number of nitrogens with zero attached hydrogens (tertiary/aromatic N) is 4. The average molecular weight is 279 g/mol. The standard InChI is InChI=1S/C12H17N5OS/c1-8-4-13-5-9(2)16(8)6-10-3-11(18)17-12(15-10)19-7-14-17/h3,7-9,13H,4-6H2,1-2H3. The topological polar surface area (TPSA) is 62.5 Å². The van der Waals surface area contributed by atoms with Gasteiger partial charge in [-0.05, 0) is 13.8 Å². The predicted molar refractivity (Wildman–Crippen MR) is 74.5 cm³/mol. The SMILES string of the molecule is CC1CNCC(C)N1Cc1cc(=O)n2ncsc2n1. The van der Waals surface area contributed by atoms with Crippen molar-refractivity contribution in [3.8, 4) is 0 Å². The van der Waals surface area contributed by atoms with Gasteiger partial charge in [0.05, 0.1) is 5.69 Å². The molecular formula is C12H17N5OS. The van der Waals surface area contributed by atoms with Crippen LogP contribution in [-0.4, -0.2) is 44.7 Å². The first-order valence-electron chi connectivity index (χ1n) is 6.44. The van der Waals surface area contributed by atoms with Crippen LogP contribution in [0.1, 0.15) is 19.5 Å². The zero-order valence-electron chi connectivity index (χ0n) is 11.0. The van der Waals surface area contributed by atoms with E-state index in [1.54, 1.807) is 11.6 Å². The Labute approximate surface area is 115 Å². The summed E-state index contributed by atoms with van der Waals surface area (Å²) in [5, 5.41) is 7.37. The summed E-state index contributed by atoms with van der Waals surface area (Å²) < 4.78 is 1.35. The van der Waals surface area contributed by atoms with Crippen LogP contribution in [0.2, 0.25) is 0 Å². The third-order valence-corrected chi connectivity index (χ3v) is 4.27. The number of piperazine rings is 1. The lowest BCUT2D eigenvalue weighted by Gasteiger charge is -2.39. The molecule has 2 atom stereocenters. The maximum atomic E-state index is 11.9. The van der Waals surface area contributed by atoms with Gasteiger partial charge >= 0.3 is 0 Å². The van der Waals surface area contributed by atoms with E-state index in [1.807, 2.05) is 0 Å². The van der Waals surface area contributed by atoms with E-state index in [-0.39, 0.29) is 5.56 Å². The van der Waals surface area contributed by atoms with Crippen LogP contribution >= 0.6 is 11.3 Å². The van der Waals surface area contributed by atoms with Gasteiger partial charge in [0, 0.05) is 37.8 Å². The van der Waals surface area contributed by atoms with Crippen molar-refractivity contribution in [3.05, 3.63) is 27.6 Å². The van der Waals surface area contributed by atoms with Crippen molar-refractivity contribution in [1.29, 1.82) is 0 Å². The van der Waals surface area contributed by atoms with Crippen LogP contribution in [0, 0.1) is 0 Å². The lowest BCUT2D eigenvalue weighted by Crippen LogP contribution is -2.54. The van der Waals surface area contributed by atoms with E-state index in [1.165, 1.54) is 15.9 Å². The smallest absolute Gasteiger partial charge is 0.275 e. The summed E-state index contributed by atoms with van der Waals surface area (Å²) in [7, 11) is 0. The van der Waals surface area contributed by atoms with Crippen molar-refractivity contribution in [2.45, 2.75) is 32.5 Å². The Balaban J connectivity index is 1.90. The maximum absolute atomic E-state index is 11.9. The van der Waals surface area contributed by atoms with E-state index in [0.717, 1.165) is 18.8 Å². The predicted octanol–water partition coefficient (Wildman–Crippen LogP) is 0.333. The summed E-state index contributed by atoms with van der Waals surface area (Å²) in [5.74, 6) is 0. The van der Waals surface area contributed by atoms with Crippen molar-refractivity contribution >= 4 is 16.3 Å². The Bertz CT molecular complexity index is 626. The van der Waals surface area contributed by atoms with Gasteiger partial charge in [-0.15, -0.1) is 0 Å². The highest BCUT2D eigenvalue weighted by Gasteiger charge is 2.25. The second-order valence-electron chi connectivity index (χ2n) is 5.05. The van der Waals surface area contributed by atoms with Gasteiger partial charge in [-0.1, -0.05) is 11.3 Å². The fourth-order valence-corrected chi connectivity index (χ4v) is 3.19. The molecule has 3 heterocycles. The molecule has 19 heavy (non-hydrogen) atoms. The lowest BCUT2D eigenvalue weighted by molar-refractivity contribution is 0.107. The van der Waals surface area contributed by atoms with Gasteiger partial charge in [0.25, 0.3) is 5.56 Å². The van der Waals surface area contributed by atoms with Crippen LogP contribution in [0.3, 0.4) is 0 Å². The summed E-state index contributed by atoms with van der Waals surface area (Å²) in [5.41, 5.74) is 2.37. The molecule has 0 amide bonds. The first-order chi connectivity index (χ1) is 9.15. The lowest BCUT2D eigenvalue weighted by atomic mass is 10.1. The molecule has 0 radical (unpaired) electrons. The summed E-state index contributed by atoms with van der Waals surface area (Å²) in [4.78, 5) is 19.5. The second kappa shape index (κ2) is 4.99. The van der Waals surface area contributed by atoms with Gasteiger partial charge in [-0.25, -0.2) is 4.98 Å². The molecule has 1 fully saturated rings. The van der Waals surface area contributed by atoms with Gasteiger partial charge in [-0.3, -0.25) is 9.69 Å². The van der Waals surface area contributed by atoms with Crippen molar-refractivity contribution in [1.82, 2.24) is 24.8 Å². The molecule has 0 bridgehead atoms. The van der Waals surface area contributed by atoms with Crippen molar-refractivity contribution in [2.24, 2.45) is 0 Å². The van der Waals surface area contributed by atoms with Gasteiger partial charge in [-0.2, -0.15) is 9.61 Å². The van der Waals surface area contributed by atoms with E-state index >= 15 is 0 Å². The van der Waals surface area contributed by atoms with Crippen LogP contribution < -0.4 is 10.9 Å². The van der Waals surface area contributed by atoms with Crippen LogP contribution in [0.4, 0.5) is 0 Å². The number of rotatable bonds is 2. The van der Waals surface area contributed by atoms with Crippen LogP contribution in [0.5, 0.6) is 0 Å². The maximum Gasteiger partial charge on any atom is 0.275 e. The van der Waals surface area contributed by atoms with Crippen molar-refractivity contribution < 1.29 is 0 Å². The van der Waals surface area contributed by atoms with Gasteiger partial charge in [0.2, 0.25) is 4.96 Å². The fraction of sp³-hybridized carbons (Fsp3) is 0.583. The Morgan fingerprint density at radius 1 is 1.42 bits per heavy atom. The quantitative estimate of drug-likeness (QED) is 0.858. The highest BCUT2D eigenvalue weighted by molar-refractivity contribution is 7.14. The van der Waals surface area contributed by atoms with E-state index in [0.29, 0.717) is 23.6 Å². The minimum Gasteiger partial charge on any atom is -0.314 e. The van der Waals surface area contributed by atoms with Gasteiger partial charge < -0.3 is 5.32 Å². The van der Waals surface area contributed by atoms with Gasteiger partial charge in [0.15, 0.2) is 0 Å². The fourth-order valence-electron chi connectivity index (χ4n) is 2.55. The van der Waals surface area contributed by atoms with Crippen LogP contribution in [-0.2, 0) is 6.54 Å². The summed E-state index contributed by atoms with van der Waals surface area (Å²) in [6, 6.07) is 2.49. The molecule has 6 nitrogen and oxygen atoms in total. The highest BCUT2D eigenvalue weighted by atomic mass is 32.1. The third kappa shape index (κ3) is 2.41. The zero-order valence-corrected chi connectivity index (χ0v) is 11.9. The largest absolute Gasteiger partial charge is 0.314 e. The Hall–Kier alpha value is -1.31. The summed E-state index contributed by atoms with van der Waals surface area (Å²) in [6.45, 7) is 7.06. The molecule has 0 saturated carbocycles. The first kappa shape index (κ1) is 12.7. The molecule has 102 valence electrons. The minimum atomic E-state index is -0.100. The average Bonchev–Trinajstić information content (AvgIpc) is 2.83. The van der Waals surface area contributed by atoms with E-state index < -0.39 is 0 Å². The molecule has 0 spiro atoms. The number of hydrogen-bond donors (Lipinski definition) is 1. The normalized spacial score (nSPS) is 24.9. The molecule has 2 aromatic rings. The Morgan fingerprint density at radius 3 is 2.89 bits per heavy atom. The summed E-state index contributed by atoms with van der Waals surface area (Å²) in [6.07, 6.45) is 0. The third-order valence-electron chi connectivity index (χ3n) is 3.60. The van der Waals surface area contributed by atoms with Crippen LogP contribution in [0.15, 0.2) is 16.4 Å². The van der Waals surface area contributed by atoms with Crippen molar-refractivity contribution in [3.63, 3.8) is 0 Å². The molecule has 3 rings (SSSR count). The van der Waals surface area contributed by atoms with E-state index in [9.17, 15) is 4.79 Å². The Morgan fingerprint density at radius 2 is 2.16 bits per heavy atom. The molecule has 2 aromatic heterocycles. The van der Waals surface area contributed by atoms with Crippen LogP contribution in [0.25, 0.3) is 4.96 Å². The minimum absolute atomic E-state index is 0.100. The Kier molecular flexibility index (Phi) is 3.34. The molecule has 1 N–H and O–H groups in total. The molecule has 2 unspecified atom stereocenters. The summed E-state index contributed by atoms with van der Waals surface area (Å²) >= 11 is 1.39. The molecule has 7 heteroatoms. The van der Waals surface area contributed by atoms with E-state index in [4.69, 9.17) is 0 Å². The molecule has 0 aromatic carbocycles. The molecular weight excluding hydrogens is 262 g/mol. The number of nitrogens with one attached hydrogen (secondary N) is 1. The molecule has 1 saturated heterocycles. The number of hydrogen-bond acceptors (Lipinski definition) is 6. The molecule has 1 aliphatic rings. The first-order valence-corrected chi connectivity index (χ1v) is 7.32. The second-order valence-corrected chi connectivity index (χ2v) is 5.86. The van der Waals surface area contributed by atoms with Crippen molar-refractivity contribution in [2.75, 3.05) is 13.1 Å². The monoisotopic (exact) mass is 279 g/mol.